The van der Waals surface area contributed by atoms with E-state index in [1.807, 2.05) is 33.8 Å². The minimum atomic E-state index is -4.50. The van der Waals surface area contributed by atoms with Crippen LogP contribution in [0.15, 0.2) is 30.5 Å². The summed E-state index contributed by atoms with van der Waals surface area (Å²) in [4.78, 5) is 3.51. The molecule has 29 heavy (non-hydrogen) atoms. The van der Waals surface area contributed by atoms with Gasteiger partial charge in [-0.3, -0.25) is 4.98 Å². The number of nitrogens with one attached hydrogen (secondary N) is 1. The van der Waals surface area contributed by atoms with Gasteiger partial charge in [0.1, 0.15) is 11.4 Å². The molecule has 2 rings (SSSR count). The fourth-order valence-corrected chi connectivity index (χ4v) is 2.57. The Morgan fingerprint density at radius 1 is 1.14 bits per heavy atom. The largest absolute Gasteiger partial charge is 0.507 e. The second-order valence-electron chi connectivity index (χ2n) is 7.73. The van der Waals surface area contributed by atoms with Gasteiger partial charge in [-0.15, -0.1) is 24.8 Å². The lowest BCUT2D eigenvalue weighted by molar-refractivity contribution is -0.141. The molecule has 1 aromatic heterocycles. The summed E-state index contributed by atoms with van der Waals surface area (Å²) in [5, 5.41) is 14.0. The summed E-state index contributed by atoms with van der Waals surface area (Å²) in [6, 6.07) is 6.03. The van der Waals surface area contributed by atoms with Gasteiger partial charge in [-0.05, 0) is 30.0 Å². The molecular formula is C20H28Cl2F3N3O. The third-order valence-corrected chi connectivity index (χ3v) is 4.41. The van der Waals surface area contributed by atoms with Crippen molar-refractivity contribution in [1.29, 1.82) is 0 Å². The lowest BCUT2D eigenvalue weighted by Gasteiger charge is -2.23. The Hall–Kier alpha value is -1.54. The van der Waals surface area contributed by atoms with Crippen molar-refractivity contribution in [3.63, 3.8) is 0 Å². The Kier molecular flexibility index (Phi) is 9.92. The summed E-state index contributed by atoms with van der Waals surface area (Å²) in [5.74, 6) is 0.0290. The van der Waals surface area contributed by atoms with E-state index in [2.05, 4.69) is 10.3 Å². The number of rotatable bonds is 5. The quantitative estimate of drug-likeness (QED) is 0.592. The van der Waals surface area contributed by atoms with Gasteiger partial charge in [-0.25, -0.2) is 0 Å². The average Bonchev–Trinajstić information content (AvgIpc) is 2.59. The Morgan fingerprint density at radius 2 is 1.76 bits per heavy atom. The maximum absolute atomic E-state index is 12.8. The van der Waals surface area contributed by atoms with E-state index in [-0.39, 0.29) is 42.0 Å². The second kappa shape index (κ2) is 10.5. The number of halogens is 5. The van der Waals surface area contributed by atoms with Crippen molar-refractivity contribution in [3.05, 3.63) is 47.3 Å². The average molecular weight is 454 g/mol. The highest BCUT2D eigenvalue weighted by Crippen LogP contribution is 2.38. The highest BCUT2D eigenvalue weighted by Gasteiger charge is 2.32. The van der Waals surface area contributed by atoms with Crippen molar-refractivity contribution in [1.82, 2.24) is 10.3 Å². The molecule has 9 heteroatoms. The van der Waals surface area contributed by atoms with Gasteiger partial charge in [-0.2, -0.15) is 13.2 Å². The monoisotopic (exact) mass is 453 g/mol. The van der Waals surface area contributed by atoms with E-state index < -0.39 is 11.9 Å². The van der Waals surface area contributed by atoms with Crippen LogP contribution in [0, 0.1) is 0 Å². The fraction of sp³-hybridized carbons (Fsp3) is 0.450. The van der Waals surface area contributed by atoms with E-state index in [0.29, 0.717) is 29.8 Å². The van der Waals surface area contributed by atoms with Crippen LogP contribution in [0.1, 0.15) is 44.5 Å². The van der Waals surface area contributed by atoms with Crippen LogP contribution in [0.25, 0.3) is 11.1 Å². The van der Waals surface area contributed by atoms with Crippen molar-refractivity contribution < 1.29 is 18.3 Å². The van der Waals surface area contributed by atoms with Crippen LogP contribution in [0.4, 0.5) is 13.2 Å². The first kappa shape index (κ1) is 27.5. The number of phenols is 1. The van der Waals surface area contributed by atoms with Crippen LogP contribution >= 0.6 is 24.8 Å². The van der Waals surface area contributed by atoms with Crippen LogP contribution in [0.2, 0.25) is 0 Å². The first-order valence-electron chi connectivity index (χ1n) is 8.77. The first-order chi connectivity index (χ1) is 12.4. The number of aromatic hydroxyl groups is 1. The van der Waals surface area contributed by atoms with Gasteiger partial charge >= 0.3 is 6.18 Å². The molecule has 1 unspecified atom stereocenters. The number of hydrogen-bond donors (Lipinski definition) is 3. The Morgan fingerprint density at radius 3 is 2.21 bits per heavy atom. The lowest BCUT2D eigenvalue weighted by Crippen LogP contribution is -2.32. The molecule has 0 aliphatic rings. The zero-order valence-corrected chi connectivity index (χ0v) is 18.4. The summed E-state index contributed by atoms with van der Waals surface area (Å²) in [7, 11) is 0. The Balaban J connectivity index is 0.00000392. The number of pyridine rings is 1. The molecule has 4 N–H and O–H groups in total. The third-order valence-electron chi connectivity index (χ3n) is 4.41. The molecule has 0 saturated carbocycles. The van der Waals surface area contributed by atoms with E-state index in [1.54, 1.807) is 6.07 Å². The molecule has 1 aromatic carbocycles. The number of nitrogens with zero attached hydrogens (tertiary/aromatic N) is 1. The number of aromatic nitrogens is 1. The van der Waals surface area contributed by atoms with Gasteiger partial charge in [0.25, 0.3) is 0 Å². The highest BCUT2D eigenvalue weighted by molar-refractivity contribution is 5.85. The van der Waals surface area contributed by atoms with E-state index in [9.17, 15) is 18.3 Å². The zero-order chi connectivity index (χ0) is 20.4. The maximum atomic E-state index is 12.8. The normalized spacial score (nSPS) is 12.7. The van der Waals surface area contributed by atoms with Crippen LogP contribution in [-0.2, 0) is 18.1 Å². The van der Waals surface area contributed by atoms with Gasteiger partial charge in [0, 0.05) is 42.0 Å². The Labute approximate surface area is 181 Å². The third kappa shape index (κ3) is 7.03. The number of alkyl halides is 3. The molecule has 2 aromatic rings. The van der Waals surface area contributed by atoms with Gasteiger partial charge in [-0.1, -0.05) is 32.9 Å². The van der Waals surface area contributed by atoms with Gasteiger partial charge in [0.15, 0.2) is 0 Å². The van der Waals surface area contributed by atoms with E-state index in [4.69, 9.17) is 5.73 Å². The van der Waals surface area contributed by atoms with Gasteiger partial charge < -0.3 is 16.2 Å². The van der Waals surface area contributed by atoms with Gasteiger partial charge in [0.2, 0.25) is 0 Å². The molecule has 1 atom stereocenters. The second-order valence-corrected chi connectivity index (χ2v) is 7.73. The molecule has 0 amide bonds. The van der Waals surface area contributed by atoms with Gasteiger partial charge in [0.05, 0.1) is 0 Å². The van der Waals surface area contributed by atoms with E-state index in [1.165, 1.54) is 6.07 Å². The van der Waals surface area contributed by atoms with Crippen LogP contribution in [0.5, 0.6) is 5.75 Å². The SMILES string of the molecule is CC(CN)NCc1cc(C(C)(C)C)cc(-c2ccc(C(F)(F)F)nc2)c1O.Cl.Cl. The van der Waals surface area contributed by atoms with Crippen LogP contribution < -0.4 is 11.1 Å². The molecule has 0 saturated heterocycles. The smallest absolute Gasteiger partial charge is 0.433 e. The van der Waals surface area contributed by atoms with Crippen LogP contribution in [0.3, 0.4) is 0 Å². The minimum Gasteiger partial charge on any atom is -0.507 e. The summed E-state index contributed by atoms with van der Waals surface area (Å²) in [6.07, 6.45) is -3.36. The molecule has 0 bridgehead atoms. The van der Waals surface area contributed by atoms with Crippen molar-refractivity contribution in [2.24, 2.45) is 5.73 Å². The van der Waals surface area contributed by atoms with Crippen molar-refractivity contribution in [2.45, 2.75) is 51.9 Å². The summed E-state index contributed by atoms with van der Waals surface area (Å²) >= 11 is 0. The number of hydrogen-bond acceptors (Lipinski definition) is 4. The minimum absolute atomic E-state index is 0. The molecule has 1 heterocycles. The van der Waals surface area contributed by atoms with E-state index in [0.717, 1.165) is 17.8 Å². The predicted octanol–water partition coefficient (Wildman–Crippen LogP) is 5.05. The topological polar surface area (TPSA) is 71.2 Å². The molecule has 0 aliphatic heterocycles. The number of nitrogens with two attached hydrogens (primary N) is 1. The zero-order valence-electron chi connectivity index (χ0n) is 16.8. The standard InChI is InChI=1S/C20H26F3N3O.2ClH/c1-12(9-24)25-11-14-7-15(19(2,3)4)8-16(18(14)27)13-5-6-17(26-10-13)20(21,22)23;;/h5-8,10,12,25,27H,9,11,24H2,1-4H3;2*1H. The predicted molar refractivity (Wildman–Crippen MR) is 115 cm³/mol. The molecule has 0 spiro atoms. The Bertz CT molecular complexity index is 791. The molecule has 164 valence electrons. The van der Waals surface area contributed by atoms with Crippen LogP contribution in [-0.4, -0.2) is 22.7 Å². The van der Waals surface area contributed by atoms with Crippen molar-refractivity contribution in [3.8, 4) is 16.9 Å². The number of benzene rings is 1. The summed E-state index contributed by atoms with van der Waals surface area (Å²) in [5.41, 5.74) is 6.98. The molecule has 0 aliphatic carbocycles. The maximum Gasteiger partial charge on any atom is 0.433 e. The van der Waals surface area contributed by atoms with Crippen molar-refractivity contribution >= 4 is 24.8 Å². The fourth-order valence-electron chi connectivity index (χ4n) is 2.57. The summed E-state index contributed by atoms with van der Waals surface area (Å²) in [6.45, 7) is 8.89. The molecular weight excluding hydrogens is 426 g/mol. The number of phenolic OH excluding ortho intramolecular Hbond substituents is 1. The first-order valence-corrected chi connectivity index (χ1v) is 8.77. The molecule has 0 fully saturated rings. The highest BCUT2D eigenvalue weighted by atomic mass is 35.5. The lowest BCUT2D eigenvalue weighted by atomic mass is 9.83. The molecule has 0 radical (unpaired) electrons. The van der Waals surface area contributed by atoms with E-state index >= 15 is 0 Å². The molecule has 4 nitrogen and oxygen atoms in total. The van der Waals surface area contributed by atoms with Crippen molar-refractivity contribution in [2.75, 3.05) is 6.54 Å². The summed E-state index contributed by atoms with van der Waals surface area (Å²) < 4.78 is 38.3.